The second kappa shape index (κ2) is 5.53. The van der Waals surface area contributed by atoms with Gasteiger partial charge < -0.3 is 9.52 Å². The van der Waals surface area contributed by atoms with E-state index in [0.717, 1.165) is 12.1 Å². The predicted octanol–water partition coefficient (Wildman–Crippen LogP) is 3.77. The van der Waals surface area contributed by atoms with Crippen molar-refractivity contribution in [3.05, 3.63) is 64.0 Å². The third kappa shape index (κ3) is 2.76. The van der Waals surface area contributed by atoms with Crippen LogP contribution in [0.1, 0.15) is 5.56 Å². The first kappa shape index (κ1) is 14.7. The Labute approximate surface area is 128 Å². The lowest BCUT2D eigenvalue weighted by molar-refractivity contribution is -0.400. The Morgan fingerprint density at radius 2 is 2.04 bits per heavy atom. The second-order valence-electron chi connectivity index (χ2n) is 4.95. The van der Waals surface area contributed by atoms with E-state index in [0.29, 0.717) is 11.1 Å². The fraction of sp³-hybridized carbons (Fsp3) is 0.0625. The zero-order chi connectivity index (χ0) is 16.6. The second-order valence-corrected chi connectivity index (χ2v) is 4.95. The van der Waals surface area contributed by atoms with Gasteiger partial charge in [0.25, 0.3) is 0 Å². The highest BCUT2D eigenvalue weighted by Crippen LogP contribution is 2.40. The van der Waals surface area contributed by atoms with Crippen molar-refractivity contribution in [2.45, 2.75) is 6.42 Å². The van der Waals surface area contributed by atoms with Crippen molar-refractivity contribution in [1.29, 1.82) is 0 Å². The predicted molar refractivity (Wildman–Crippen MR) is 79.6 cm³/mol. The summed E-state index contributed by atoms with van der Waals surface area (Å²) in [5.74, 6) is -2.06. The molecule has 1 N–H and O–H groups in total. The molecule has 1 aromatic heterocycles. The molecule has 0 fully saturated rings. The minimum Gasteiger partial charge on any atom is -0.481 e. The fourth-order valence-corrected chi connectivity index (χ4v) is 2.48. The number of furan rings is 1. The molecule has 0 aliphatic carbocycles. The summed E-state index contributed by atoms with van der Waals surface area (Å²) in [5.41, 5.74) is 1.21. The van der Waals surface area contributed by atoms with Gasteiger partial charge in [-0.2, -0.15) is 0 Å². The smallest absolute Gasteiger partial charge is 0.442 e. The van der Waals surface area contributed by atoms with E-state index >= 15 is 0 Å². The molecule has 0 aliphatic rings. The number of nitro groups is 1. The first-order chi connectivity index (χ1) is 11.0. The van der Waals surface area contributed by atoms with Crippen molar-refractivity contribution in [2.75, 3.05) is 0 Å². The maximum Gasteiger partial charge on any atom is 0.442 e. The number of fused-ring (bicyclic) bond motifs is 1. The average molecular weight is 315 g/mol. The number of carbonyl (C=O) groups is 1. The zero-order valence-corrected chi connectivity index (χ0v) is 11.7. The molecule has 0 bridgehead atoms. The van der Waals surface area contributed by atoms with Crippen LogP contribution in [0.5, 0.6) is 0 Å². The minimum absolute atomic E-state index is 0.136. The van der Waals surface area contributed by atoms with E-state index in [2.05, 4.69) is 0 Å². The van der Waals surface area contributed by atoms with E-state index in [1.54, 1.807) is 18.2 Å². The van der Waals surface area contributed by atoms with Crippen LogP contribution in [-0.4, -0.2) is 16.0 Å². The lowest BCUT2D eigenvalue weighted by Gasteiger charge is -2.02. The van der Waals surface area contributed by atoms with Gasteiger partial charge in [-0.3, -0.25) is 14.9 Å². The Bertz CT molecular complexity index is 931. The van der Waals surface area contributed by atoms with Crippen LogP contribution in [-0.2, 0) is 11.2 Å². The van der Waals surface area contributed by atoms with Gasteiger partial charge in [-0.15, -0.1) is 0 Å². The summed E-state index contributed by atoms with van der Waals surface area (Å²) in [6, 6.07) is 9.94. The molecule has 0 amide bonds. The van der Waals surface area contributed by atoms with Gasteiger partial charge in [-0.1, -0.05) is 24.3 Å². The van der Waals surface area contributed by atoms with E-state index < -0.39 is 22.6 Å². The Hall–Kier alpha value is -3.22. The van der Waals surface area contributed by atoms with Crippen LogP contribution in [0.15, 0.2) is 46.9 Å². The van der Waals surface area contributed by atoms with Gasteiger partial charge >= 0.3 is 11.9 Å². The van der Waals surface area contributed by atoms with Gasteiger partial charge in [-0.25, -0.2) is 4.39 Å². The first-order valence-electron chi connectivity index (χ1n) is 6.63. The molecule has 0 aliphatic heterocycles. The summed E-state index contributed by atoms with van der Waals surface area (Å²) in [6.07, 6.45) is -0.216. The van der Waals surface area contributed by atoms with Crippen molar-refractivity contribution in [3.8, 4) is 11.1 Å². The Morgan fingerprint density at radius 3 is 2.74 bits per heavy atom. The fourth-order valence-electron chi connectivity index (χ4n) is 2.48. The van der Waals surface area contributed by atoms with E-state index in [9.17, 15) is 19.3 Å². The molecular formula is C16H10FNO5. The first-order valence-corrected chi connectivity index (χ1v) is 6.63. The maximum absolute atomic E-state index is 13.5. The number of benzene rings is 2. The molecule has 0 unspecified atom stereocenters. The van der Waals surface area contributed by atoms with Crippen molar-refractivity contribution in [1.82, 2.24) is 0 Å². The molecule has 0 radical (unpaired) electrons. The minimum atomic E-state index is -1.01. The van der Waals surface area contributed by atoms with E-state index in [-0.39, 0.29) is 23.0 Å². The Balaban J connectivity index is 2.25. The summed E-state index contributed by atoms with van der Waals surface area (Å²) < 4.78 is 18.7. The average Bonchev–Trinajstić information content (AvgIpc) is 2.85. The van der Waals surface area contributed by atoms with Crippen LogP contribution < -0.4 is 0 Å². The molecule has 23 heavy (non-hydrogen) atoms. The maximum atomic E-state index is 13.5. The highest BCUT2D eigenvalue weighted by atomic mass is 19.1. The zero-order valence-electron chi connectivity index (χ0n) is 11.7. The Kier molecular flexibility index (Phi) is 3.53. The molecule has 6 nitrogen and oxygen atoms in total. The van der Waals surface area contributed by atoms with Gasteiger partial charge in [0.05, 0.1) is 6.42 Å². The molecular weight excluding hydrogens is 305 g/mol. The largest absolute Gasteiger partial charge is 0.481 e. The lowest BCUT2D eigenvalue weighted by atomic mass is 10.0. The van der Waals surface area contributed by atoms with Crippen LogP contribution >= 0.6 is 0 Å². The standard InChI is InChI=1S/C16H10FNO5/c17-11-4-5-13-12(8-11)15(16(23-13)18(21)22)10-3-1-2-9(6-10)7-14(19)20/h1-6,8H,7H2,(H,19,20). The number of hydrogen-bond donors (Lipinski definition) is 1. The van der Waals surface area contributed by atoms with Crippen LogP contribution in [0.25, 0.3) is 22.1 Å². The molecule has 0 spiro atoms. The number of hydrogen-bond acceptors (Lipinski definition) is 4. The van der Waals surface area contributed by atoms with E-state index in [1.165, 1.54) is 12.1 Å². The van der Waals surface area contributed by atoms with Gasteiger partial charge in [0.15, 0.2) is 0 Å². The number of rotatable bonds is 4. The van der Waals surface area contributed by atoms with Gasteiger partial charge in [0, 0.05) is 5.39 Å². The molecule has 0 saturated carbocycles. The third-order valence-corrected chi connectivity index (χ3v) is 3.37. The third-order valence-electron chi connectivity index (χ3n) is 3.37. The summed E-state index contributed by atoms with van der Waals surface area (Å²) >= 11 is 0. The van der Waals surface area contributed by atoms with Crippen molar-refractivity contribution >= 4 is 22.8 Å². The van der Waals surface area contributed by atoms with Crippen molar-refractivity contribution in [2.24, 2.45) is 0 Å². The molecule has 1 heterocycles. The van der Waals surface area contributed by atoms with Gasteiger partial charge in [-0.05, 0) is 29.3 Å². The molecule has 0 atom stereocenters. The summed E-state index contributed by atoms with van der Waals surface area (Å²) in [4.78, 5) is 21.4. The number of halogens is 1. The molecule has 116 valence electrons. The quantitative estimate of drug-likeness (QED) is 0.584. The monoisotopic (exact) mass is 315 g/mol. The van der Waals surface area contributed by atoms with E-state index in [1.807, 2.05) is 0 Å². The molecule has 2 aromatic carbocycles. The van der Waals surface area contributed by atoms with Crippen molar-refractivity contribution in [3.63, 3.8) is 0 Å². The van der Waals surface area contributed by atoms with Crippen LogP contribution in [0.3, 0.4) is 0 Å². The van der Waals surface area contributed by atoms with Crippen LogP contribution in [0.2, 0.25) is 0 Å². The number of carboxylic acids is 1. The number of aliphatic carboxylic acids is 1. The Morgan fingerprint density at radius 1 is 1.26 bits per heavy atom. The van der Waals surface area contributed by atoms with Crippen molar-refractivity contribution < 1.29 is 23.6 Å². The summed E-state index contributed by atoms with van der Waals surface area (Å²) in [7, 11) is 0. The van der Waals surface area contributed by atoms with Crippen LogP contribution in [0, 0.1) is 15.9 Å². The number of nitrogens with zero attached hydrogens (tertiary/aromatic N) is 1. The normalized spacial score (nSPS) is 10.8. The molecule has 7 heteroatoms. The van der Waals surface area contributed by atoms with Crippen LogP contribution in [0.4, 0.5) is 10.3 Å². The summed E-state index contributed by atoms with van der Waals surface area (Å²) in [6.45, 7) is 0. The lowest BCUT2D eigenvalue weighted by Crippen LogP contribution is -1.99. The number of carboxylic acid groups (broad SMARTS) is 1. The topological polar surface area (TPSA) is 93.6 Å². The molecule has 3 aromatic rings. The summed E-state index contributed by atoms with van der Waals surface area (Å²) in [5, 5.41) is 20.4. The van der Waals surface area contributed by atoms with Gasteiger partial charge in [0.2, 0.25) is 0 Å². The highest BCUT2D eigenvalue weighted by Gasteiger charge is 2.25. The molecule has 0 saturated heterocycles. The molecule has 3 rings (SSSR count). The SMILES string of the molecule is O=C(O)Cc1cccc(-c2c([N+](=O)[O-])oc3ccc(F)cc23)c1. The van der Waals surface area contributed by atoms with Gasteiger partial charge in [0.1, 0.15) is 21.9 Å². The highest BCUT2D eigenvalue weighted by molar-refractivity contribution is 5.98. The van der Waals surface area contributed by atoms with E-state index in [4.69, 9.17) is 9.52 Å².